The molecule has 0 aliphatic rings. The van der Waals surface area contributed by atoms with Crippen LogP contribution in [0.25, 0.3) is 0 Å². The number of hydrogen-bond acceptors (Lipinski definition) is 4. The zero-order valence-electron chi connectivity index (χ0n) is 18.5. The van der Waals surface area contributed by atoms with Gasteiger partial charge in [0.15, 0.2) is 0 Å². The van der Waals surface area contributed by atoms with E-state index in [-0.39, 0.29) is 5.91 Å². The van der Waals surface area contributed by atoms with E-state index in [0.717, 1.165) is 24.2 Å². The molecule has 31 heavy (non-hydrogen) atoms. The number of nitrogens with one attached hydrogen (secondary N) is 1. The van der Waals surface area contributed by atoms with Gasteiger partial charge in [0.2, 0.25) is 5.88 Å². The molecule has 3 rings (SSSR count). The van der Waals surface area contributed by atoms with Crippen molar-refractivity contribution in [1.29, 1.82) is 0 Å². The van der Waals surface area contributed by atoms with E-state index in [4.69, 9.17) is 4.74 Å². The summed E-state index contributed by atoms with van der Waals surface area (Å²) in [6.07, 6.45) is 1.70. The Bertz CT molecular complexity index is 956. The minimum atomic E-state index is -0.0914. The third kappa shape index (κ3) is 6.93. The van der Waals surface area contributed by atoms with Crippen molar-refractivity contribution < 1.29 is 9.53 Å². The van der Waals surface area contributed by atoms with Crippen LogP contribution in [0.1, 0.15) is 47.8 Å². The molecule has 1 N–H and O–H groups in total. The van der Waals surface area contributed by atoms with Crippen molar-refractivity contribution in [2.24, 2.45) is 0 Å². The Hall–Kier alpha value is -3.18. The number of hydrogen-bond donors (Lipinski definition) is 1. The molecule has 0 fully saturated rings. The number of amides is 1. The molecular formula is C26H31N3O2. The maximum Gasteiger partial charge on any atom is 0.251 e. The van der Waals surface area contributed by atoms with E-state index in [2.05, 4.69) is 36.0 Å². The molecule has 1 heterocycles. The minimum absolute atomic E-state index is 0.0914. The molecule has 0 spiro atoms. The van der Waals surface area contributed by atoms with Crippen LogP contribution in [0, 0.1) is 0 Å². The molecule has 3 aromatic rings. The fraction of sp³-hybridized carbons (Fsp3) is 0.308. The van der Waals surface area contributed by atoms with Crippen molar-refractivity contribution in [3.8, 4) is 5.88 Å². The van der Waals surface area contributed by atoms with Gasteiger partial charge < -0.3 is 10.1 Å². The molecule has 5 nitrogen and oxygen atoms in total. The normalized spacial score (nSPS) is 11.0. The second-order valence-corrected chi connectivity index (χ2v) is 7.81. The van der Waals surface area contributed by atoms with Crippen LogP contribution in [0.4, 0.5) is 0 Å². The molecule has 1 aromatic heterocycles. The van der Waals surface area contributed by atoms with Crippen LogP contribution in [0.5, 0.6) is 5.88 Å². The lowest BCUT2D eigenvalue weighted by molar-refractivity contribution is 0.0950. The van der Waals surface area contributed by atoms with E-state index in [1.807, 2.05) is 66.7 Å². The first-order valence-corrected chi connectivity index (χ1v) is 10.8. The van der Waals surface area contributed by atoms with Gasteiger partial charge in [-0.05, 0) is 55.3 Å². The average molecular weight is 418 g/mol. The van der Waals surface area contributed by atoms with Crippen molar-refractivity contribution in [1.82, 2.24) is 15.2 Å². The predicted octanol–water partition coefficient (Wildman–Crippen LogP) is 4.82. The van der Waals surface area contributed by atoms with Gasteiger partial charge in [0.1, 0.15) is 6.61 Å². The predicted molar refractivity (Wildman–Crippen MR) is 124 cm³/mol. The number of ether oxygens (including phenoxy) is 1. The number of carbonyl (C=O) groups excluding carboxylic acids is 1. The Morgan fingerprint density at radius 2 is 1.74 bits per heavy atom. The average Bonchev–Trinajstić information content (AvgIpc) is 2.81. The Balaban J connectivity index is 1.52. The monoisotopic (exact) mass is 417 g/mol. The van der Waals surface area contributed by atoms with Crippen LogP contribution in [-0.4, -0.2) is 28.4 Å². The van der Waals surface area contributed by atoms with Gasteiger partial charge in [0.05, 0.1) is 0 Å². The minimum Gasteiger partial charge on any atom is -0.473 e. The highest BCUT2D eigenvalue weighted by Gasteiger charge is 2.10. The van der Waals surface area contributed by atoms with Crippen LogP contribution in [0.3, 0.4) is 0 Å². The molecule has 0 saturated carbocycles. The van der Waals surface area contributed by atoms with Gasteiger partial charge in [-0.1, -0.05) is 49.4 Å². The molecule has 2 aromatic carbocycles. The van der Waals surface area contributed by atoms with Gasteiger partial charge in [0.25, 0.3) is 5.91 Å². The van der Waals surface area contributed by atoms with Crippen molar-refractivity contribution >= 4 is 5.91 Å². The smallest absolute Gasteiger partial charge is 0.251 e. The van der Waals surface area contributed by atoms with E-state index in [9.17, 15) is 4.79 Å². The molecule has 0 radical (unpaired) electrons. The third-order valence-electron chi connectivity index (χ3n) is 5.22. The summed E-state index contributed by atoms with van der Waals surface area (Å²) in [4.78, 5) is 19.2. The molecular weight excluding hydrogens is 386 g/mol. The fourth-order valence-corrected chi connectivity index (χ4v) is 3.31. The standard InChI is InChI=1S/C26H31N3O2/c1-4-29(20(2)3)18-21-10-12-24(13-11-21)26(30)28-17-23-14-15-27-25(16-23)31-19-22-8-6-5-7-9-22/h5-16,20H,4,17-19H2,1-3H3,(H,28,30). The van der Waals surface area contributed by atoms with E-state index in [0.29, 0.717) is 30.6 Å². The van der Waals surface area contributed by atoms with Gasteiger partial charge in [0, 0.05) is 37.0 Å². The summed E-state index contributed by atoms with van der Waals surface area (Å²) >= 11 is 0. The van der Waals surface area contributed by atoms with E-state index in [1.54, 1.807) is 6.20 Å². The molecule has 0 atom stereocenters. The van der Waals surface area contributed by atoms with Crippen molar-refractivity contribution in [2.75, 3.05) is 6.54 Å². The summed E-state index contributed by atoms with van der Waals surface area (Å²) in [5.41, 5.74) is 3.90. The lowest BCUT2D eigenvalue weighted by Gasteiger charge is -2.24. The molecule has 0 bridgehead atoms. The maximum atomic E-state index is 12.5. The topological polar surface area (TPSA) is 54.5 Å². The first-order valence-electron chi connectivity index (χ1n) is 10.8. The Morgan fingerprint density at radius 3 is 2.42 bits per heavy atom. The fourth-order valence-electron chi connectivity index (χ4n) is 3.31. The Labute approximate surface area is 185 Å². The highest BCUT2D eigenvalue weighted by molar-refractivity contribution is 5.94. The molecule has 0 unspecified atom stereocenters. The summed E-state index contributed by atoms with van der Waals surface area (Å²) in [6.45, 7) is 9.33. The summed E-state index contributed by atoms with van der Waals surface area (Å²) in [6, 6.07) is 22.0. The van der Waals surface area contributed by atoms with Crippen LogP contribution < -0.4 is 10.1 Å². The molecule has 0 aliphatic heterocycles. The number of aromatic nitrogens is 1. The molecule has 1 amide bonds. The highest BCUT2D eigenvalue weighted by atomic mass is 16.5. The van der Waals surface area contributed by atoms with Crippen LogP contribution in [0.2, 0.25) is 0 Å². The second kappa shape index (κ2) is 11.3. The van der Waals surface area contributed by atoms with E-state index in [1.165, 1.54) is 5.56 Å². The largest absolute Gasteiger partial charge is 0.473 e. The number of benzene rings is 2. The van der Waals surface area contributed by atoms with Crippen LogP contribution >= 0.6 is 0 Å². The lowest BCUT2D eigenvalue weighted by Crippen LogP contribution is -2.30. The number of pyridine rings is 1. The summed E-state index contributed by atoms with van der Waals surface area (Å²) < 4.78 is 5.77. The number of rotatable bonds is 10. The summed E-state index contributed by atoms with van der Waals surface area (Å²) in [7, 11) is 0. The SMILES string of the molecule is CCN(Cc1ccc(C(=O)NCc2ccnc(OCc3ccccc3)c2)cc1)C(C)C. The van der Waals surface area contributed by atoms with Crippen LogP contribution in [0.15, 0.2) is 72.9 Å². The van der Waals surface area contributed by atoms with E-state index >= 15 is 0 Å². The molecule has 0 saturated heterocycles. The molecule has 0 aliphatic carbocycles. The van der Waals surface area contributed by atoms with Crippen LogP contribution in [-0.2, 0) is 19.7 Å². The number of carbonyl (C=O) groups is 1. The lowest BCUT2D eigenvalue weighted by atomic mass is 10.1. The van der Waals surface area contributed by atoms with Gasteiger partial charge in [-0.3, -0.25) is 9.69 Å². The Morgan fingerprint density at radius 1 is 1.00 bits per heavy atom. The van der Waals surface area contributed by atoms with Crippen molar-refractivity contribution in [3.63, 3.8) is 0 Å². The number of nitrogens with zero attached hydrogens (tertiary/aromatic N) is 2. The van der Waals surface area contributed by atoms with Gasteiger partial charge >= 0.3 is 0 Å². The molecule has 5 heteroatoms. The second-order valence-electron chi connectivity index (χ2n) is 7.81. The first kappa shape index (κ1) is 22.5. The zero-order chi connectivity index (χ0) is 22.1. The van der Waals surface area contributed by atoms with Gasteiger partial charge in [-0.2, -0.15) is 0 Å². The zero-order valence-corrected chi connectivity index (χ0v) is 18.5. The van der Waals surface area contributed by atoms with Gasteiger partial charge in [-0.25, -0.2) is 4.98 Å². The summed E-state index contributed by atoms with van der Waals surface area (Å²) in [5, 5.41) is 2.97. The maximum absolute atomic E-state index is 12.5. The van der Waals surface area contributed by atoms with E-state index < -0.39 is 0 Å². The summed E-state index contributed by atoms with van der Waals surface area (Å²) in [5.74, 6) is 0.455. The first-order chi connectivity index (χ1) is 15.0. The molecule has 162 valence electrons. The quantitative estimate of drug-likeness (QED) is 0.514. The Kier molecular flexibility index (Phi) is 8.19. The highest BCUT2D eigenvalue weighted by Crippen LogP contribution is 2.13. The van der Waals surface area contributed by atoms with Crippen molar-refractivity contribution in [3.05, 3.63) is 95.2 Å². The third-order valence-corrected chi connectivity index (χ3v) is 5.22. The van der Waals surface area contributed by atoms with Gasteiger partial charge in [-0.15, -0.1) is 0 Å². The van der Waals surface area contributed by atoms with Crippen molar-refractivity contribution in [2.45, 2.75) is 46.5 Å².